The molecule has 0 radical (unpaired) electrons. The number of anilines is 2. The minimum atomic E-state index is -0.752. The number of fused-ring (bicyclic) bond motifs is 1. The van der Waals surface area contributed by atoms with Crippen LogP contribution in [0.25, 0.3) is 11.0 Å². The largest absolute Gasteiger partial charge is 0.491 e. The van der Waals surface area contributed by atoms with Gasteiger partial charge in [0.25, 0.3) is 0 Å². The number of nitrogens with zero attached hydrogens (tertiary/aromatic N) is 8. The number of imide groups is 1. The third kappa shape index (κ3) is 9.91. The van der Waals surface area contributed by atoms with Crippen molar-refractivity contribution in [2.45, 2.75) is 90.3 Å². The molecule has 1 N–H and O–H groups in total. The second-order valence-corrected chi connectivity index (χ2v) is 18.0. The zero-order valence-electron chi connectivity index (χ0n) is 37.8. The van der Waals surface area contributed by atoms with Crippen LogP contribution in [0.1, 0.15) is 94.6 Å². The van der Waals surface area contributed by atoms with Gasteiger partial charge in [-0.3, -0.25) is 24.0 Å². The Balaban J connectivity index is 0.882. The van der Waals surface area contributed by atoms with Gasteiger partial charge in [-0.05, 0) is 112 Å². The van der Waals surface area contributed by atoms with E-state index in [9.17, 15) is 19.6 Å². The van der Waals surface area contributed by atoms with E-state index in [-0.39, 0.29) is 5.69 Å². The fraction of sp³-hybridized carbons (Fsp3) is 0.469. The molecule has 2 aliphatic rings. The standard InChI is InChI=1S/C49H60ClN9O5/c1-7-9-43(46(61)53-32-60)59-42-15-12-39(28-44(42)56(6)48(59)62)57-24-19-38(20-25-57)55(5)30-33-17-22-58(23-18-33)47-52-21-16-37(54-47)31-64-40-13-10-35(11-14-40)49(3,4)36-26-34(29-51)45(63-8-2)41(50)27-36/h10-16,21,26-28,32-33,38,43H,7-9,17-20,22-25,30-31H2,1-6H3,(H,53,60,61). The summed E-state index contributed by atoms with van der Waals surface area (Å²) in [5, 5.41) is 12.4. The van der Waals surface area contributed by atoms with Gasteiger partial charge in [0.1, 0.15) is 24.5 Å². The fourth-order valence-electron chi connectivity index (χ4n) is 9.33. The number of benzene rings is 3. The van der Waals surface area contributed by atoms with Gasteiger partial charge in [-0.15, -0.1) is 0 Å². The lowest BCUT2D eigenvalue weighted by atomic mass is 9.77. The highest BCUT2D eigenvalue weighted by atomic mass is 35.5. The van der Waals surface area contributed by atoms with Crippen molar-refractivity contribution in [2.24, 2.45) is 13.0 Å². The number of rotatable bonds is 17. The Morgan fingerprint density at radius 1 is 0.984 bits per heavy atom. The van der Waals surface area contributed by atoms with Crippen molar-refractivity contribution in [2.75, 3.05) is 56.2 Å². The second kappa shape index (κ2) is 20.3. The van der Waals surface area contributed by atoms with Crippen LogP contribution < -0.4 is 30.3 Å². The van der Waals surface area contributed by atoms with E-state index in [1.54, 1.807) is 11.6 Å². The Bertz CT molecular complexity index is 2530. The summed E-state index contributed by atoms with van der Waals surface area (Å²) in [6.07, 6.45) is 7.58. The molecule has 0 bridgehead atoms. The van der Waals surface area contributed by atoms with E-state index in [1.165, 1.54) is 4.57 Å². The molecule has 7 rings (SSSR count). The number of hydrogen-bond acceptors (Lipinski definition) is 11. The second-order valence-electron chi connectivity index (χ2n) is 17.6. The van der Waals surface area contributed by atoms with E-state index in [2.05, 4.69) is 58.0 Å². The molecule has 4 heterocycles. The molecule has 1 unspecified atom stereocenters. The number of amides is 2. The van der Waals surface area contributed by atoms with Gasteiger partial charge < -0.3 is 24.2 Å². The van der Waals surface area contributed by atoms with Crippen molar-refractivity contribution < 1.29 is 19.1 Å². The molecule has 1 atom stereocenters. The van der Waals surface area contributed by atoms with Gasteiger partial charge in [0, 0.05) is 63.1 Å². The number of aromatic nitrogens is 4. The van der Waals surface area contributed by atoms with Crippen LogP contribution in [0, 0.1) is 17.2 Å². The summed E-state index contributed by atoms with van der Waals surface area (Å²) >= 11 is 6.55. The molecule has 2 amide bonds. The van der Waals surface area contributed by atoms with Gasteiger partial charge in [-0.1, -0.05) is 50.9 Å². The molecule has 2 fully saturated rings. The molecule has 0 spiro atoms. The molecule has 2 aliphatic heterocycles. The number of carbonyl (C=O) groups excluding carboxylic acids is 2. The molecule has 5 aromatic rings. The number of carbonyl (C=O) groups is 2. The van der Waals surface area contributed by atoms with Crippen LogP contribution in [0.3, 0.4) is 0 Å². The van der Waals surface area contributed by atoms with Crippen LogP contribution in [0.2, 0.25) is 5.02 Å². The van der Waals surface area contributed by atoms with Crippen LogP contribution in [0.4, 0.5) is 11.6 Å². The summed E-state index contributed by atoms with van der Waals surface area (Å²) in [6.45, 7) is 13.5. The number of nitrogens with one attached hydrogen (secondary N) is 1. The smallest absolute Gasteiger partial charge is 0.329 e. The van der Waals surface area contributed by atoms with Crippen LogP contribution in [0.5, 0.6) is 11.5 Å². The van der Waals surface area contributed by atoms with E-state index in [0.29, 0.717) is 66.3 Å². The predicted octanol–water partition coefficient (Wildman–Crippen LogP) is 7.39. The number of imidazole rings is 1. The van der Waals surface area contributed by atoms with Gasteiger partial charge in [0.15, 0.2) is 5.75 Å². The minimum Gasteiger partial charge on any atom is -0.491 e. The summed E-state index contributed by atoms with van der Waals surface area (Å²) in [5.41, 5.74) is 5.06. The fourth-order valence-corrected chi connectivity index (χ4v) is 9.60. The van der Waals surface area contributed by atoms with Crippen LogP contribution >= 0.6 is 11.6 Å². The third-order valence-corrected chi connectivity index (χ3v) is 13.5. The zero-order chi connectivity index (χ0) is 45.5. The highest BCUT2D eigenvalue weighted by molar-refractivity contribution is 6.32. The maximum absolute atomic E-state index is 13.4. The molecule has 15 heteroatoms. The van der Waals surface area contributed by atoms with Crippen LogP contribution in [-0.2, 0) is 28.7 Å². The number of piperidine rings is 2. The summed E-state index contributed by atoms with van der Waals surface area (Å²) in [4.78, 5) is 53.9. The van der Waals surface area contributed by atoms with Crippen LogP contribution in [-0.4, -0.2) is 88.7 Å². The first-order valence-electron chi connectivity index (χ1n) is 22.4. The molecule has 0 aliphatic carbocycles. The maximum atomic E-state index is 13.4. The average molecular weight is 891 g/mol. The lowest BCUT2D eigenvalue weighted by molar-refractivity contribution is -0.128. The Kier molecular flexibility index (Phi) is 14.6. The summed E-state index contributed by atoms with van der Waals surface area (Å²) in [5.74, 6) is 2.02. The SMILES string of the molecule is CCCC(C(=O)NC=O)n1c(=O)n(C)c2cc(N3CCC(N(C)CC4CCN(c5nccc(COc6ccc(C(C)(C)c7cc(Cl)c(OCC)c(C#N)c7)cc6)n5)CC4)CC3)ccc21. The van der Waals surface area contributed by atoms with Gasteiger partial charge in [0.2, 0.25) is 18.3 Å². The Morgan fingerprint density at radius 2 is 1.70 bits per heavy atom. The molecular weight excluding hydrogens is 830 g/mol. The lowest BCUT2D eigenvalue weighted by Gasteiger charge is -2.40. The minimum absolute atomic E-state index is 0.269. The van der Waals surface area contributed by atoms with Crippen molar-refractivity contribution in [1.29, 1.82) is 5.26 Å². The molecular formula is C49H60ClN9O5. The normalized spacial score (nSPS) is 15.6. The van der Waals surface area contributed by atoms with Gasteiger partial charge in [-0.2, -0.15) is 5.26 Å². The predicted molar refractivity (Wildman–Crippen MR) is 250 cm³/mol. The van der Waals surface area contributed by atoms with E-state index >= 15 is 0 Å². The van der Waals surface area contributed by atoms with Gasteiger partial charge in [0.05, 0.1) is 33.9 Å². The summed E-state index contributed by atoms with van der Waals surface area (Å²) in [7, 11) is 3.99. The Hall–Kier alpha value is -5.91. The van der Waals surface area contributed by atoms with E-state index in [1.807, 2.05) is 74.6 Å². The molecule has 0 saturated carbocycles. The quantitative estimate of drug-likeness (QED) is 0.0932. The number of halogens is 1. The lowest BCUT2D eigenvalue weighted by Crippen LogP contribution is -2.46. The highest BCUT2D eigenvalue weighted by Crippen LogP contribution is 2.39. The van der Waals surface area contributed by atoms with Crippen molar-refractivity contribution in [3.63, 3.8) is 0 Å². The maximum Gasteiger partial charge on any atom is 0.329 e. The van der Waals surface area contributed by atoms with Crippen LogP contribution in [0.15, 0.2) is 71.7 Å². The molecule has 2 aromatic heterocycles. The number of nitriles is 1. The average Bonchev–Trinajstić information content (AvgIpc) is 3.55. The molecule has 64 heavy (non-hydrogen) atoms. The zero-order valence-corrected chi connectivity index (χ0v) is 38.6. The van der Waals surface area contributed by atoms with E-state index in [0.717, 1.165) is 98.1 Å². The monoisotopic (exact) mass is 889 g/mol. The topological polar surface area (TPSA) is 151 Å². The van der Waals surface area contributed by atoms with Crippen molar-refractivity contribution in [3.8, 4) is 17.6 Å². The first-order chi connectivity index (χ1) is 30.9. The molecule has 338 valence electrons. The van der Waals surface area contributed by atoms with Gasteiger partial charge >= 0.3 is 5.69 Å². The highest BCUT2D eigenvalue weighted by Gasteiger charge is 2.30. The van der Waals surface area contributed by atoms with Crippen molar-refractivity contribution in [3.05, 3.63) is 105 Å². The van der Waals surface area contributed by atoms with Crippen molar-refractivity contribution in [1.82, 2.24) is 29.3 Å². The number of ether oxygens (including phenoxy) is 2. The third-order valence-electron chi connectivity index (χ3n) is 13.2. The Morgan fingerprint density at radius 3 is 2.38 bits per heavy atom. The Labute approximate surface area is 380 Å². The number of hydrogen-bond donors (Lipinski definition) is 1. The molecule has 14 nitrogen and oxygen atoms in total. The summed E-state index contributed by atoms with van der Waals surface area (Å²) < 4.78 is 14.9. The molecule has 2 saturated heterocycles. The molecule has 3 aromatic carbocycles. The first-order valence-corrected chi connectivity index (χ1v) is 22.8. The van der Waals surface area contributed by atoms with E-state index in [4.69, 9.17) is 26.1 Å². The van der Waals surface area contributed by atoms with E-state index < -0.39 is 17.4 Å². The summed E-state index contributed by atoms with van der Waals surface area (Å²) in [6, 6.07) is 21.6. The first kappa shape index (κ1) is 46.1. The number of aryl methyl sites for hydroxylation is 1. The van der Waals surface area contributed by atoms with Crippen molar-refractivity contribution >= 4 is 46.6 Å². The van der Waals surface area contributed by atoms with Gasteiger partial charge in [-0.25, -0.2) is 14.8 Å².